The Balaban J connectivity index is 1.51. The lowest BCUT2D eigenvalue weighted by molar-refractivity contribution is -0.126. The van der Waals surface area contributed by atoms with E-state index in [1.165, 1.54) is 18.2 Å². The number of ether oxygens (including phenoxy) is 2. The molecule has 0 bridgehead atoms. The molecule has 1 aliphatic rings. The first-order valence-corrected chi connectivity index (χ1v) is 9.66. The summed E-state index contributed by atoms with van der Waals surface area (Å²) in [6.45, 7) is 2.72. The molecule has 0 saturated carbocycles. The molecule has 2 heterocycles. The number of amides is 1. The van der Waals surface area contributed by atoms with Crippen LogP contribution in [0.15, 0.2) is 61.0 Å². The summed E-state index contributed by atoms with van der Waals surface area (Å²) in [5, 5.41) is 0. The quantitative estimate of drug-likeness (QED) is 0.657. The van der Waals surface area contributed by atoms with E-state index in [9.17, 15) is 9.59 Å². The van der Waals surface area contributed by atoms with Gasteiger partial charge in [0.2, 0.25) is 5.91 Å². The van der Waals surface area contributed by atoms with Gasteiger partial charge in [-0.05, 0) is 42.0 Å². The summed E-state index contributed by atoms with van der Waals surface area (Å²) in [6, 6.07) is 9.29. The SMILES string of the molecule is COc1ccc(C=CC(=O)C=CC(=O)N2CCN(c3ccncc3)CC2)cc1OC. The minimum Gasteiger partial charge on any atom is -0.493 e. The zero-order chi connectivity index (χ0) is 21.3. The molecule has 7 nitrogen and oxygen atoms in total. The molecule has 7 heteroatoms. The average molecular weight is 407 g/mol. The highest BCUT2D eigenvalue weighted by atomic mass is 16.5. The Labute approximate surface area is 176 Å². The van der Waals surface area contributed by atoms with E-state index in [1.807, 2.05) is 18.2 Å². The summed E-state index contributed by atoms with van der Waals surface area (Å²) in [4.78, 5) is 32.5. The molecule has 0 unspecified atom stereocenters. The van der Waals surface area contributed by atoms with Crippen LogP contribution in [0, 0.1) is 0 Å². The van der Waals surface area contributed by atoms with Gasteiger partial charge >= 0.3 is 0 Å². The second kappa shape index (κ2) is 10.2. The Bertz CT molecular complexity index is 933. The van der Waals surface area contributed by atoms with Crippen LogP contribution in [0.5, 0.6) is 11.5 Å². The van der Waals surface area contributed by atoms with Crippen LogP contribution < -0.4 is 14.4 Å². The number of piperazine rings is 1. The Hall–Kier alpha value is -3.61. The number of rotatable bonds is 7. The summed E-state index contributed by atoms with van der Waals surface area (Å²) < 4.78 is 10.4. The number of benzene rings is 1. The lowest BCUT2D eigenvalue weighted by Gasteiger charge is -2.35. The highest BCUT2D eigenvalue weighted by Gasteiger charge is 2.19. The van der Waals surface area contributed by atoms with Crippen LogP contribution in [0.4, 0.5) is 5.69 Å². The monoisotopic (exact) mass is 407 g/mol. The first-order valence-electron chi connectivity index (χ1n) is 9.66. The molecule has 1 aliphatic heterocycles. The van der Waals surface area contributed by atoms with Gasteiger partial charge in [-0.25, -0.2) is 0 Å². The predicted molar refractivity (Wildman–Crippen MR) is 116 cm³/mol. The topological polar surface area (TPSA) is 72.0 Å². The molecule has 1 aromatic carbocycles. The summed E-state index contributed by atoms with van der Waals surface area (Å²) in [5.41, 5.74) is 1.90. The predicted octanol–water partition coefficient (Wildman–Crippen LogP) is 2.59. The van der Waals surface area contributed by atoms with Gasteiger partial charge in [-0.1, -0.05) is 12.1 Å². The highest BCUT2D eigenvalue weighted by Crippen LogP contribution is 2.27. The van der Waals surface area contributed by atoms with Crippen molar-refractivity contribution in [1.29, 1.82) is 0 Å². The molecule has 1 fully saturated rings. The fraction of sp³-hybridized carbons (Fsp3) is 0.261. The van der Waals surface area contributed by atoms with Gasteiger partial charge in [0.25, 0.3) is 0 Å². The molecular formula is C23H25N3O4. The van der Waals surface area contributed by atoms with Crippen LogP contribution in [0.3, 0.4) is 0 Å². The first-order chi connectivity index (χ1) is 14.6. The van der Waals surface area contributed by atoms with Crippen molar-refractivity contribution in [1.82, 2.24) is 9.88 Å². The molecule has 1 amide bonds. The molecule has 0 aliphatic carbocycles. The third kappa shape index (κ3) is 5.47. The largest absolute Gasteiger partial charge is 0.493 e. The zero-order valence-corrected chi connectivity index (χ0v) is 17.2. The van der Waals surface area contributed by atoms with Gasteiger partial charge in [0.15, 0.2) is 17.3 Å². The maximum Gasteiger partial charge on any atom is 0.246 e. The van der Waals surface area contributed by atoms with E-state index in [-0.39, 0.29) is 11.7 Å². The van der Waals surface area contributed by atoms with Crippen molar-refractivity contribution in [3.63, 3.8) is 0 Å². The van der Waals surface area contributed by atoms with Gasteiger partial charge in [0.1, 0.15) is 0 Å². The van der Waals surface area contributed by atoms with Gasteiger partial charge in [0, 0.05) is 50.3 Å². The molecule has 2 aromatic rings. The Morgan fingerprint density at radius 1 is 0.900 bits per heavy atom. The third-order valence-corrected chi connectivity index (χ3v) is 4.86. The van der Waals surface area contributed by atoms with Crippen molar-refractivity contribution in [2.24, 2.45) is 0 Å². The van der Waals surface area contributed by atoms with Crippen molar-refractivity contribution < 1.29 is 19.1 Å². The fourth-order valence-electron chi connectivity index (χ4n) is 3.19. The second-order valence-electron chi connectivity index (χ2n) is 6.70. The fourth-order valence-corrected chi connectivity index (χ4v) is 3.19. The number of methoxy groups -OCH3 is 2. The first kappa shape index (κ1) is 21.1. The molecule has 0 atom stereocenters. The van der Waals surface area contributed by atoms with E-state index >= 15 is 0 Å². The average Bonchev–Trinajstić information content (AvgIpc) is 2.81. The smallest absolute Gasteiger partial charge is 0.246 e. The number of carbonyl (C=O) groups excluding carboxylic acids is 2. The number of hydrogen-bond acceptors (Lipinski definition) is 6. The summed E-state index contributed by atoms with van der Waals surface area (Å²) >= 11 is 0. The van der Waals surface area contributed by atoms with Crippen molar-refractivity contribution in [3.8, 4) is 11.5 Å². The van der Waals surface area contributed by atoms with E-state index < -0.39 is 0 Å². The summed E-state index contributed by atoms with van der Waals surface area (Å²) in [7, 11) is 3.12. The minimum absolute atomic E-state index is 0.155. The number of carbonyl (C=O) groups is 2. The molecule has 1 saturated heterocycles. The maximum atomic E-state index is 12.4. The van der Waals surface area contributed by atoms with Crippen molar-refractivity contribution in [2.75, 3.05) is 45.3 Å². The van der Waals surface area contributed by atoms with E-state index in [1.54, 1.807) is 49.7 Å². The molecular weight excluding hydrogens is 382 g/mol. The molecule has 1 aromatic heterocycles. The van der Waals surface area contributed by atoms with Gasteiger partial charge < -0.3 is 19.3 Å². The maximum absolute atomic E-state index is 12.4. The van der Waals surface area contributed by atoms with Crippen LogP contribution in [-0.4, -0.2) is 62.0 Å². The van der Waals surface area contributed by atoms with Crippen LogP contribution in [-0.2, 0) is 9.59 Å². The number of anilines is 1. The van der Waals surface area contributed by atoms with Crippen LogP contribution >= 0.6 is 0 Å². The van der Waals surface area contributed by atoms with Gasteiger partial charge in [0.05, 0.1) is 14.2 Å². The number of aromatic nitrogens is 1. The van der Waals surface area contributed by atoms with Crippen LogP contribution in [0.2, 0.25) is 0 Å². The van der Waals surface area contributed by atoms with Crippen LogP contribution in [0.1, 0.15) is 5.56 Å². The number of ketones is 1. The molecule has 3 rings (SSSR count). The molecule has 0 radical (unpaired) electrons. The van der Waals surface area contributed by atoms with Crippen LogP contribution in [0.25, 0.3) is 6.08 Å². The van der Waals surface area contributed by atoms with Crippen molar-refractivity contribution in [2.45, 2.75) is 0 Å². The zero-order valence-electron chi connectivity index (χ0n) is 17.2. The number of hydrogen-bond donors (Lipinski definition) is 0. The number of allylic oxidation sites excluding steroid dienone is 2. The molecule has 156 valence electrons. The van der Waals surface area contributed by atoms with E-state index in [2.05, 4.69) is 9.88 Å². The second-order valence-corrected chi connectivity index (χ2v) is 6.70. The van der Waals surface area contributed by atoms with Gasteiger partial charge in [-0.15, -0.1) is 0 Å². The minimum atomic E-state index is -0.256. The van der Waals surface area contributed by atoms with Gasteiger partial charge in [-0.3, -0.25) is 14.6 Å². The normalized spacial score (nSPS) is 14.3. The molecule has 0 spiro atoms. The standard InChI is InChI=1S/C23H25N3O4/c1-29-21-7-4-18(17-22(21)30-2)3-5-20(27)6-8-23(28)26-15-13-25(14-16-26)19-9-11-24-12-10-19/h3-12,17H,13-16H2,1-2H3. The van der Waals surface area contributed by atoms with Crippen molar-refractivity contribution in [3.05, 3.63) is 66.5 Å². The highest BCUT2D eigenvalue weighted by molar-refractivity contribution is 6.05. The number of pyridine rings is 1. The van der Waals surface area contributed by atoms with E-state index in [0.29, 0.717) is 24.6 Å². The summed E-state index contributed by atoms with van der Waals surface area (Å²) in [6.07, 6.45) is 9.25. The number of nitrogens with zero attached hydrogens (tertiary/aromatic N) is 3. The lowest BCUT2D eigenvalue weighted by Crippen LogP contribution is -2.48. The molecule has 30 heavy (non-hydrogen) atoms. The van der Waals surface area contributed by atoms with E-state index in [4.69, 9.17) is 9.47 Å². The lowest BCUT2D eigenvalue weighted by atomic mass is 10.1. The Morgan fingerprint density at radius 2 is 1.60 bits per heavy atom. The Kier molecular flexibility index (Phi) is 7.21. The summed E-state index contributed by atoms with van der Waals surface area (Å²) in [5.74, 6) is 0.796. The van der Waals surface area contributed by atoms with Gasteiger partial charge in [-0.2, -0.15) is 0 Å². The van der Waals surface area contributed by atoms with E-state index in [0.717, 1.165) is 24.3 Å². The van der Waals surface area contributed by atoms with Crippen molar-refractivity contribution >= 4 is 23.5 Å². The molecule has 0 N–H and O–H groups in total. The third-order valence-electron chi connectivity index (χ3n) is 4.86. The Morgan fingerprint density at radius 3 is 2.27 bits per heavy atom.